The number of hydrogen-bond donors (Lipinski definition) is 5. The number of aromatic carboxylic acids is 1. The van der Waals surface area contributed by atoms with E-state index in [1.54, 1.807) is 37.8 Å². The highest BCUT2D eigenvalue weighted by atomic mass is 16.4. The second kappa shape index (κ2) is 8.29. The number of carbonyl (C=O) groups excluding carboxylic acids is 1. The molecule has 25 heavy (non-hydrogen) atoms. The Morgan fingerprint density at radius 2 is 2.12 bits per heavy atom. The summed E-state index contributed by atoms with van der Waals surface area (Å²) in [6, 6.07) is 4.27. The number of H-pyrrole nitrogens is 2. The van der Waals surface area contributed by atoms with Gasteiger partial charge in [-0.15, -0.1) is 0 Å². The van der Waals surface area contributed by atoms with Gasteiger partial charge in [0.05, 0.1) is 6.33 Å². The number of aromatic amines is 2. The van der Waals surface area contributed by atoms with Crippen LogP contribution in [0.25, 0.3) is 10.9 Å². The Morgan fingerprint density at radius 1 is 1.32 bits per heavy atom. The maximum absolute atomic E-state index is 12.0. The fourth-order valence-corrected chi connectivity index (χ4v) is 2.01. The summed E-state index contributed by atoms with van der Waals surface area (Å²) in [5.41, 5.74) is -0.0172. The molecule has 0 radical (unpaired) electrons. The third kappa shape index (κ3) is 4.67. The SMILES string of the molecule is CCNC(=O)Nc1ccc2[nH]cc(C(=O)O)c(=O)c2c1.c1c[nH]cn1. The van der Waals surface area contributed by atoms with E-state index in [2.05, 4.69) is 25.6 Å². The summed E-state index contributed by atoms with van der Waals surface area (Å²) >= 11 is 0. The van der Waals surface area contributed by atoms with Crippen molar-refractivity contribution >= 4 is 28.6 Å². The fourth-order valence-electron chi connectivity index (χ4n) is 2.01. The number of urea groups is 1. The van der Waals surface area contributed by atoms with E-state index in [0.717, 1.165) is 6.20 Å². The van der Waals surface area contributed by atoms with Gasteiger partial charge in [0.25, 0.3) is 0 Å². The van der Waals surface area contributed by atoms with Crippen LogP contribution in [0.15, 0.2) is 47.9 Å². The molecule has 1 aromatic carbocycles. The molecule has 0 fully saturated rings. The van der Waals surface area contributed by atoms with Gasteiger partial charge in [-0.2, -0.15) is 0 Å². The Hall–Kier alpha value is -3.62. The second-order valence-electron chi connectivity index (χ2n) is 4.84. The number of carboxylic acid groups (broad SMARTS) is 1. The van der Waals surface area contributed by atoms with Crippen LogP contribution >= 0.6 is 0 Å². The number of nitrogens with zero attached hydrogens (tertiary/aromatic N) is 1. The van der Waals surface area contributed by atoms with Gasteiger partial charge < -0.3 is 25.7 Å². The number of aromatic nitrogens is 3. The molecule has 9 nitrogen and oxygen atoms in total. The highest BCUT2D eigenvalue weighted by Crippen LogP contribution is 2.15. The van der Waals surface area contributed by atoms with Gasteiger partial charge in [0.1, 0.15) is 5.56 Å². The number of hydrogen-bond acceptors (Lipinski definition) is 4. The zero-order valence-electron chi connectivity index (χ0n) is 13.4. The maximum Gasteiger partial charge on any atom is 0.341 e. The number of imidazole rings is 1. The quantitative estimate of drug-likeness (QED) is 0.493. The van der Waals surface area contributed by atoms with Crippen molar-refractivity contribution in [2.45, 2.75) is 6.92 Å². The van der Waals surface area contributed by atoms with Crippen molar-refractivity contribution in [1.29, 1.82) is 0 Å². The number of nitrogens with one attached hydrogen (secondary N) is 4. The molecule has 130 valence electrons. The van der Waals surface area contributed by atoms with Crippen LogP contribution in [0, 0.1) is 0 Å². The highest BCUT2D eigenvalue weighted by Gasteiger charge is 2.12. The lowest BCUT2D eigenvalue weighted by Crippen LogP contribution is -2.28. The number of amides is 2. The molecule has 0 spiro atoms. The molecular weight excluding hydrogens is 326 g/mol. The zero-order valence-corrected chi connectivity index (χ0v) is 13.4. The van der Waals surface area contributed by atoms with E-state index in [4.69, 9.17) is 5.11 Å². The van der Waals surface area contributed by atoms with Crippen LogP contribution in [0.5, 0.6) is 0 Å². The van der Waals surface area contributed by atoms with Crippen LogP contribution in [0.1, 0.15) is 17.3 Å². The van der Waals surface area contributed by atoms with E-state index < -0.39 is 17.4 Å². The third-order valence-electron chi connectivity index (χ3n) is 3.11. The number of rotatable bonds is 3. The van der Waals surface area contributed by atoms with Crippen molar-refractivity contribution < 1.29 is 14.7 Å². The number of pyridine rings is 1. The van der Waals surface area contributed by atoms with Crippen LogP contribution in [0.4, 0.5) is 10.5 Å². The van der Waals surface area contributed by atoms with Gasteiger partial charge in [0.2, 0.25) is 5.43 Å². The van der Waals surface area contributed by atoms with Crippen molar-refractivity contribution in [2.75, 3.05) is 11.9 Å². The summed E-state index contributed by atoms with van der Waals surface area (Å²) in [7, 11) is 0. The molecule has 0 saturated heterocycles. The highest BCUT2D eigenvalue weighted by molar-refractivity contribution is 5.95. The summed E-state index contributed by atoms with van der Waals surface area (Å²) in [6.07, 6.45) is 6.24. The molecule has 2 amide bonds. The Balaban J connectivity index is 0.000000386. The van der Waals surface area contributed by atoms with Crippen molar-refractivity contribution in [3.63, 3.8) is 0 Å². The molecule has 0 bridgehead atoms. The minimum absolute atomic E-state index is 0.208. The molecule has 0 aliphatic heterocycles. The molecule has 0 aliphatic rings. The second-order valence-corrected chi connectivity index (χ2v) is 4.84. The number of carboxylic acids is 1. The Labute approximate surface area is 142 Å². The minimum Gasteiger partial charge on any atom is -0.477 e. The van der Waals surface area contributed by atoms with E-state index in [-0.39, 0.29) is 10.9 Å². The van der Waals surface area contributed by atoms with Crippen molar-refractivity contribution in [3.05, 3.63) is 58.9 Å². The van der Waals surface area contributed by atoms with E-state index >= 15 is 0 Å². The first-order chi connectivity index (χ1) is 12.0. The lowest BCUT2D eigenvalue weighted by Gasteiger charge is -2.07. The van der Waals surface area contributed by atoms with Gasteiger partial charge >= 0.3 is 12.0 Å². The summed E-state index contributed by atoms with van der Waals surface area (Å²) < 4.78 is 0. The van der Waals surface area contributed by atoms with Crippen molar-refractivity contribution in [3.8, 4) is 0 Å². The molecule has 3 rings (SSSR count). The molecule has 2 heterocycles. The topological polar surface area (TPSA) is 140 Å². The Kier molecular flexibility index (Phi) is 5.88. The molecule has 2 aromatic heterocycles. The summed E-state index contributed by atoms with van der Waals surface area (Å²) in [6.45, 7) is 2.26. The smallest absolute Gasteiger partial charge is 0.341 e. The average molecular weight is 343 g/mol. The van der Waals surface area contributed by atoms with Crippen molar-refractivity contribution in [1.82, 2.24) is 20.3 Å². The van der Waals surface area contributed by atoms with Gasteiger partial charge in [-0.25, -0.2) is 14.6 Å². The number of benzene rings is 1. The van der Waals surface area contributed by atoms with Gasteiger partial charge in [0, 0.05) is 41.7 Å². The fraction of sp³-hybridized carbons (Fsp3) is 0.125. The number of anilines is 1. The molecule has 0 unspecified atom stereocenters. The standard InChI is InChI=1S/C13H13N3O4.C3H4N2/c1-2-14-13(20)16-7-3-4-10-8(5-7)11(17)9(6-15-10)12(18)19;1-2-5-3-4-1/h3-6H,2H2,1H3,(H,15,17)(H,18,19)(H2,14,16,20);1-3H,(H,4,5). The lowest BCUT2D eigenvalue weighted by atomic mass is 10.1. The van der Waals surface area contributed by atoms with Crippen LogP contribution in [0.2, 0.25) is 0 Å². The number of fused-ring (bicyclic) bond motifs is 1. The van der Waals surface area contributed by atoms with E-state index in [0.29, 0.717) is 17.7 Å². The minimum atomic E-state index is -1.30. The number of carbonyl (C=O) groups is 2. The summed E-state index contributed by atoms with van der Waals surface area (Å²) in [5.74, 6) is -1.30. The van der Waals surface area contributed by atoms with Crippen LogP contribution in [0.3, 0.4) is 0 Å². The summed E-state index contributed by atoms with van der Waals surface area (Å²) in [4.78, 5) is 43.5. The predicted molar refractivity (Wildman–Crippen MR) is 92.8 cm³/mol. The Bertz CT molecular complexity index is 901. The van der Waals surface area contributed by atoms with Crippen LogP contribution in [-0.2, 0) is 0 Å². The van der Waals surface area contributed by atoms with Gasteiger partial charge in [-0.1, -0.05) is 0 Å². The van der Waals surface area contributed by atoms with Crippen molar-refractivity contribution in [2.24, 2.45) is 0 Å². The van der Waals surface area contributed by atoms with Gasteiger partial charge in [-0.05, 0) is 25.1 Å². The molecule has 0 saturated carbocycles. The van der Waals surface area contributed by atoms with Crippen LogP contribution in [-0.4, -0.2) is 38.6 Å². The van der Waals surface area contributed by atoms with Gasteiger partial charge in [-0.3, -0.25) is 4.79 Å². The molecule has 0 atom stereocenters. The van der Waals surface area contributed by atoms with Gasteiger partial charge in [0.15, 0.2) is 0 Å². The predicted octanol–water partition coefficient (Wildman–Crippen LogP) is 1.78. The Morgan fingerprint density at radius 3 is 2.68 bits per heavy atom. The first-order valence-corrected chi connectivity index (χ1v) is 7.39. The maximum atomic E-state index is 12.0. The molecular formula is C16H17N5O4. The van der Waals surface area contributed by atoms with E-state index in [1.165, 1.54) is 6.07 Å². The first-order valence-electron chi connectivity index (χ1n) is 7.39. The monoisotopic (exact) mass is 343 g/mol. The molecule has 0 aliphatic carbocycles. The summed E-state index contributed by atoms with van der Waals surface area (Å²) in [5, 5.41) is 14.2. The zero-order chi connectivity index (χ0) is 18.2. The van der Waals surface area contributed by atoms with E-state index in [9.17, 15) is 14.4 Å². The lowest BCUT2D eigenvalue weighted by molar-refractivity contribution is 0.0695. The first kappa shape index (κ1) is 17.7. The average Bonchev–Trinajstić information content (AvgIpc) is 3.15. The molecule has 3 aromatic rings. The third-order valence-corrected chi connectivity index (χ3v) is 3.11. The largest absolute Gasteiger partial charge is 0.477 e. The van der Waals surface area contributed by atoms with Crippen LogP contribution < -0.4 is 16.1 Å². The normalized spacial score (nSPS) is 9.80. The van der Waals surface area contributed by atoms with E-state index in [1.807, 2.05) is 0 Å². The molecule has 5 N–H and O–H groups in total. The molecule has 9 heteroatoms.